The van der Waals surface area contributed by atoms with Crippen LogP contribution < -0.4 is 5.73 Å². The fourth-order valence-electron chi connectivity index (χ4n) is 2.34. The van der Waals surface area contributed by atoms with E-state index in [4.69, 9.17) is 5.73 Å². The van der Waals surface area contributed by atoms with Crippen LogP contribution in [0.3, 0.4) is 0 Å². The summed E-state index contributed by atoms with van der Waals surface area (Å²) >= 11 is 0. The third-order valence-electron chi connectivity index (χ3n) is 3.60. The summed E-state index contributed by atoms with van der Waals surface area (Å²) in [6.07, 6.45) is 0.669. The molecule has 0 aliphatic heterocycles. The van der Waals surface area contributed by atoms with E-state index in [1.807, 2.05) is 44.2 Å². The van der Waals surface area contributed by atoms with E-state index in [9.17, 15) is 10.1 Å². The summed E-state index contributed by atoms with van der Waals surface area (Å²) in [5.41, 5.74) is 10.3. The fourth-order valence-corrected chi connectivity index (χ4v) is 2.34. The van der Waals surface area contributed by atoms with Crippen LogP contribution in [0.15, 0.2) is 42.5 Å². The van der Waals surface area contributed by atoms with Crippen molar-refractivity contribution < 1.29 is 4.92 Å². The summed E-state index contributed by atoms with van der Waals surface area (Å²) in [4.78, 5) is 10.6. The van der Waals surface area contributed by atoms with Crippen molar-refractivity contribution >= 4 is 5.69 Å². The maximum Gasteiger partial charge on any atom is 0.270 e. The minimum Gasteiger partial charge on any atom is -0.324 e. The number of aryl methyl sites for hydroxylation is 1. The molecule has 0 fully saturated rings. The summed E-state index contributed by atoms with van der Waals surface area (Å²) < 4.78 is 0. The van der Waals surface area contributed by atoms with E-state index in [-0.39, 0.29) is 16.7 Å². The Labute approximate surface area is 118 Å². The quantitative estimate of drug-likeness (QED) is 0.683. The molecule has 2 aromatic carbocycles. The average Bonchev–Trinajstić information content (AvgIpc) is 2.42. The van der Waals surface area contributed by atoms with Gasteiger partial charge in [0.1, 0.15) is 0 Å². The second-order valence-electron chi connectivity index (χ2n) is 5.03. The Bertz CT molecular complexity index is 624. The van der Waals surface area contributed by atoms with E-state index < -0.39 is 0 Å². The fraction of sp³-hybridized carbons (Fsp3) is 0.250. The van der Waals surface area contributed by atoms with Gasteiger partial charge < -0.3 is 5.73 Å². The van der Waals surface area contributed by atoms with Crippen LogP contribution >= 0.6 is 0 Å². The first-order valence-electron chi connectivity index (χ1n) is 6.54. The van der Waals surface area contributed by atoms with Crippen LogP contribution in [0, 0.1) is 24.0 Å². The molecule has 2 rings (SSSR count). The standard InChI is InChI=1S/C16H18N2O2/c1-11-8-14(18(19)20)10-15(12(11)2)16(17)9-13-6-4-3-5-7-13/h3-8,10,16H,9,17H2,1-2H3. The molecule has 0 saturated heterocycles. The highest BCUT2D eigenvalue weighted by molar-refractivity contribution is 5.46. The van der Waals surface area contributed by atoms with Crippen LogP contribution in [0.2, 0.25) is 0 Å². The normalized spacial score (nSPS) is 12.2. The molecule has 2 aromatic rings. The summed E-state index contributed by atoms with van der Waals surface area (Å²) in [7, 11) is 0. The van der Waals surface area contributed by atoms with E-state index in [2.05, 4.69) is 0 Å². The maximum atomic E-state index is 11.0. The highest BCUT2D eigenvalue weighted by Gasteiger charge is 2.16. The van der Waals surface area contributed by atoms with Gasteiger partial charge in [-0.1, -0.05) is 30.3 Å². The van der Waals surface area contributed by atoms with Gasteiger partial charge in [-0.15, -0.1) is 0 Å². The Morgan fingerprint density at radius 1 is 1.20 bits per heavy atom. The average molecular weight is 270 g/mol. The Morgan fingerprint density at radius 2 is 1.85 bits per heavy atom. The molecule has 0 heterocycles. The van der Waals surface area contributed by atoms with E-state index in [0.29, 0.717) is 6.42 Å². The Kier molecular flexibility index (Phi) is 4.15. The Hall–Kier alpha value is -2.20. The highest BCUT2D eigenvalue weighted by Crippen LogP contribution is 2.27. The van der Waals surface area contributed by atoms with E-state index in [1.54, 1.807) is 12.1 Å². The van der Waals surface area contributed by atoms with Crippen LogP contribution in [-0.2, 0) is 6.42 Å². The lowest BCUT2D eigenvalue weighted by atomic mass is 9.93. The molecule has 0 spiro atoms. The number of nitrogens with two attached hydrogens (primary N) is 1. The Balaban J connectivity index is 2.34. The van der Waals surface area contributed by atoms with Gasteiger partial charge in [-0.25, -0.2) is 0 Å². The second kappa shape index (κ2) is 5.84. The SMILES string of the molecule is Cc1cc([N+](=O)[O-])cc(C(N)Cc2ccccc2)c1C. The first-order valence-corrected chi connectivity index (χ1v) is 6.54. The van der Waals surface area contributed by atoms with Gasteiger partial charge in [0, 0.05) is 18.2 Å². The molecule has 1 atom stereocenters. The minimum absolute atomic E-state index is 0.103. The van der Waals surface area contributed by atoms with Gasteiger partial charge >= 0.3 is 0 Å². The summed E-state index contributed by atoms with van der Waals surface area (Å²) in [5.74, 6) is 0. The van der Waals surface area contributed by atoms with Crippen LogP contribution in [0.4, 0.5) is 5.69 Å². The van der Waals surface area contributed by atoms with E-state index >= 15 is 0 Å². The molecule has 0 saturated carbocycles. The molecule has 0 bridgehead atoms. The molecule has 104 valence electrons. The van der Waals surface area contributed by atoms with Crippen LogP contribution in [0.1, 0.15) is 28.3 Å². The summed E-state index contributed by atoms with van der Waals surface area (Å²) in [6, 6.07) is 12.9. The molecule has 0 aliphatic rings. The number of hydrogen-bond donors (Lipinski definition) is 1. The number of rotatable bonds is 4. The molecule has 1 unspecified atom stereocenters. The summed E-state index contributed by atoms with van der Waals surface area (Å²) in [6.45, 7) is 3.83. The first kappa shape index (κ1) is 14.2. The number of nitro groups is 1. The Morgan fingerprint density at radius 3 is 2.45 bits per heavy atom. The van der Waals surface area contributed by atoms with Crippen molar-refractivity contribution in [1.82, 2.24) is 0 Å². The molecule has 4 heteroatoms. The van der Waals surface area contributed by atoms with E-state index in [0.717, 1.165) is 22.3 Å². The lowest BCUT2D eigenvalue weighted by Crippen LogP contribution is -2.15. The molecule has 0 radical (unpaired) electrons. The zero-order chi connectivity index (χ0) is 14.7. The van der Waals surface area contributed by atoms with Gasteiger partial charge in [0.15, 0.2) is 0 Å². The topological polar surface area (TPSA) is 69.2 Å². The molecule has 4 nitrogen and oxygen atoms in total. The van der Waals surface area contributed by atoms with Crippen molar-refractivity contribution in [1.29, 1.82) is 0 Å². The lowest BCUT2D eigenvalue weighted by Gasteiger charge is -2.16. The van der Waals surface area contributed by atoms with Crippen molar-refractivity contribution in [2.75, 3.05) is 0 Å². The second-order valence-corrected chi connectivity index (χ2v) is 5.03. The predicted molar refractivity (Wildman–Crippen MR) is 79.6 cm³/mol. The van der Waals surface area contributed by atoms with E-state index in [1.165, 1.54) is 0 Å². The zero-order valence-electron chi connectivity index (χ0n) is 11.7. The van der Waals surface area contributed by atoms with Crippen molar-refractivity contribution in [3.63, 3.8) is 0 Å². The lowest BCUT2D eigenvalue weighted by molar-refractivity contribution is -0.385. The van der Waals surface area contributed by atoms with Gasteiger partial charge in [0.2, 0.25) is 0 Å². The molecular formula is C16H18N2O2. The van der Waals surface area contributed by atoms with Gasteiger partial charge in [0.05, 0.1) is 4.92 Å². The molecule has 20 heavy (non-hydrogen) atoms. The number of nitro benzene ring substituents is 1. The summed E-state index contributed by atoms with van der Waals surface area (Å²) in [5, 5.41) is 11.0. The number of non-ortho nitro benzene ring substituents is 1. The molecule has 0 aliphatic carbocycles. The van der Waals surface area contributed by atoms with Gasteiger partial charge in [-0.3, -0.25) is 10.1 Å². The predicted octanol–water partition coefficient (Wildman–Crippen LogP) is 3.45. The van der Waals surface area contributed by atoms with Gasteiger partial charge in [0.25, 0.3) is 5.69 Å². The van der Waals surface area contributed by atoms with Crippen molar-refractivity contribution in [2.24, 2.45) is 5.73 Å². The third-order valence-corrected chi connectivity index (χ3v) is 3.60. The number of nitrogens with zero attached hydrogens (tertiary/aromatic N) is 1. The monoisotopic (exact) mass is 270 g/mol. The van der Waals surface area contributed by atoms with Crippen molar-refractivity contribution in [3.05, 3.63) is 74.8 Å². The first-order chi connectivity index (χ1) is 9.49. The molecular weight excluding hydrogens is 252 g/mol. The van der Waals surface area contributed by atoms with Crippen molar-refractivity contribution in [2.45, 2.75) is 26.3 Å². The minimum atomic E-state index is -0.370. The van der Waals surface area contributed by atoms with Crippen LogP contribution in [0.25, 0.3) is 0 Å². The number of benzene rings is 2. The maximum absolute atomic E-state index is 11.0. The van der Waals surface area contributed by atoms with Crippen LogP contribution in [0.5, 0.6) is 0 Å². The van der Waals surface area contributed by atoms with Gasteiger partial charge in [-0.2, -0.15) is 0 Å². The smallest absolute Gasteiger partial charge is 0.270 e. The molecule has 0 aromatic heterocycles. The molecule has 2 N–H and O–H groups in total. The van der Waals surface area contributed by atoms with Crippen LogP contribution in [-0.4, -0.2) is 4.92 Å². The highest BCUT2D eigenvalue weighted by atomic mass is 16.6. The zero-order valence-corrected chi connectivity index (χ0v) is 11.7. The third kappa shape index (κ3) is 3.03. The largest absolute Gasteiger partial charge is 0.324 e. The van der Waals surface area contributed by atoms with Gasteiger partial charge in [-0.05, 0) is 42.5 Å². The number of hydrogen-bond acceptors (Lipinski definition) is 3. The molecule has 0 amide bonds. The van der Waals surface area contributed by atoms with Crippen molar-refractivity contribution in [3.8, 4) is 0 Å².